The van der Waals surface area contributed by atoms with E-state index in [2.05, 4.69) is 43.4 Å². The number of nitrogens with one attached hydrogen (secondary N) is 1. The smallest absolute Gasteiger partial charge is 0.258 e. The lowest BCUT2D eigenvalue weighted by Gasteiger charge is -2.17. The molecule has 1 N–H and O–H groups in total. The Hall–Kier alpha value is -2.29. The van der Waals surface area contributed by atoms with Crippen LogP contribution in [0.3, 0.4) is 0 Å². The summed E-state index contributed by atoms with van der Waals surface area (Å²) >= 11 is 0. The van der Waals surface area contributed by atoms with Crippen LogP contribution in [-0.4, -0.2) is 12.5 Å². The first kappa shape index (κ1) is 17.1. The highest BCUT2D eigenvalue weighted by Gasteiger charge is 2.12. The molecule has 3 heteroatoms. The van der Waals surface area contributed by atoms with Crippen molar-refractivity contribution in [3.8, 4) is 5.75 Å². The molecule has 0 bridgehead atoms. The lowest BCUT2D eigenvalue weighted by molar-refractivity contribution is -0.123. The Labute approximate surface area is 138 Å². The summed E-state index contributed by atoms with van der Waals surface area (Å²) in [5, 5.41) is 3.00. The molecule has 0 heterocycles. The Kier molecular flexibility index (Phi) is 5.43. The Morgan fingerprint density at radius 1 is 1.00 bits per heavy atom. The zero-order chi connectivity index (χ0) is 17.0. The first-order valence-electron chi connectivity index (χ1n) is 7.93. The average Bonchev–Trinajstić information content (AvgIpc) is 2.46. The van der Waals surface area contributed by atoms with Crippen molar-refractivity contribution in [2.75, 3.05) is 6.61 Å². The van der Waals surface area contributed by atoms with E-state index in [1.807, 2.05) is 32.9 Å². The number of ether oxygens (including phenoxy) is 1. The van der Waals surface area contributed by atoms with Gasteiger partial charge in [-0.3, -0.25) is 4.79 Å². The summed E-state index contributed by atoms with van der Waals surface area (Å²) in [5.41, 5.74) is 5.77. The van der Waals surface area contributed by atoms with Gasteiger partial charge in [-0.05, 0) is 69.0 Å². The molecule has 0 aliphatic rings. The molecule has 1 unspecified atom stereocenters. The fourth-order valence-electron chi connectivity index (χ4n) is 2.75. The van der Waals surface area contributed by atoms with Crippen LogP contribution in [0.2, 0.25) is 0 Å². The van der Waals surface area contributed by atoms with E-state index in [0.717, 1.165) is 22.4 Å². The van der Waals surface area contributed by atoms with Crippen LogP contribution in [0.1, 0.15) is 40.8 Å². The number of carbonyl (C=O) groups excluding carboxylic acids is 1. The molecule has 0 saturated carbocycles. The number of carbonyl (C=O) groups is 1. The van der Waals surface area contributed by atoms with E-state index in [9.17, 15) is 4.79 Å². The molecule has 0 fully saturated rings. The maximum Gasteiger partial charge on any atom is 0.258 e. The van der Waals surface area contributed by atoms with Crippen LogP contribution in [0, 0.1) is 27.7 Å². The number of hydrogen-bond donors (Lipinski definition) is 1. The molecule has 0 radical (unpaired) electrons. The van der Waals surface area contributed by atoms with Gasteiger partial charge in [-0.2, -0.15) is 0 Å². The van der Waals surface area contributed by atoms with Crippen LogP contribution in [0.4, 0.5) is 0 Å². The molecule has 1 atom stereocenters. The zero-order valence-corrected chi connectivity index (χ0v) is 14.6. The topological polar surface area (TPSA) is 38.3 Å². The van der Waals surface area contributed by atoms with Crippen molar-refractivity contribution in [2.45, 2.75) is 40.7 Å². The molecule has 2 aromatic rings. The molecule has 2 aromatic carbocycles. The number of benzene rings is 2. The van der Waals surface area contributed by atoms with Crippen molar-refractivity contribution in [1.82, 2.24) is 5.32 Å². The van der Waals surface area contributed by atoms with Gasteiger partial charge in [-0.1, -0.05) is 29.8 Å². The molecule has 122 valence electrons. The minimum absolute atomic E-state index is 0.0259. The van der Waals surface area contributed by atoms with Gasteiger partial charge in [0.25, 0.3) is 5.91 Å². The van der Waals surface area contributed by atoms with Crippen LogP contribution < -0.4 is 10.1 Å². The molecular formula is C20H25NO2. The molecule has 0 spiro atoms. The highest BCUT2D eigenvalue weighted by Crippen LogP contribution is 2.19. The van der Waals surface area contributed by atoms with E-state index >= 15 is 0 Å². The first-order valence-corrected chi connectivity index (χ1v) is 7.93. The molecular weight excluding hydrogens is 286 g/mol. The van der Waals surface area contributed by atoms with Crippen LogP contribution in [0.25, 0.3) is 0 Å². The van der Waals surface area contributed by atoms with Gasteiger partial charge in [0.2, 0.25) is 0 Å². The van der Waals surface area contributed by atoms with Crippen molar-refractivity contribution < 1.29 is 9.53 Å². The minimum Gasteiger partial charge on any atom is -0.484 e. The Morgan fingerprint density at radius 3 is 2.30 bits per heavy atom. The van der Waals surface area contributed by atoms with Crippen molar-refractivity contribution in [1.29, 1.82) is 0 Å². The summed E-state index contributed by atoms with van der Waals surface area (Å²) in [7, 11) is 0. The lowest BCUT2D eigenvalue weighted by atomic mass is 10.00. The van der Waals surface area contributed by atoms with E-state index in [4.69, 9.17) is 4.74 Å². The van der Waals surface area contributed by atoms with Gasteiger partial charge in [-0.25, -0.2) is 0 Å². The lowest BCUT2D eigenvalue weighted by Crippen LogP contribution is -2.31. The van der Waals surface area contributed by atoms with Gasteiger partial charge in [0.05, 0.1) is 6.04 Å². The van der Waals surface area contributed by atoms with Gasteiger partial charge < -0.3 is 10.1 Å². The highest BCUT2D eigenvalue weighted by molar-refractivity contribution is 5.78. The van der Waals surface area contributed by atoms with Gasteiger partial charge in [0, 0.05) is 0 Å². The third-order valence-corrected chi connectivity index (χ3v) is 3.84. The summed E-state index contributed by atoms with van der Waals surface area (Å²) in [6.07, 6.45) is 0. The second kappa shape index (κ2) is 7.32. The second-order valence-electron chi connectivity index (χ2n) is 6.26. The van der Waals surface area contributed by atoms with Crippen molar-refractivity contribution in [3.05, 3.63) is 64.2 Å². The SMILES string of the molecule is Cc1cc(C)cc(OCC(=O)NC(C)c2cc(C)ccc2C)c1. The van der Waals surface area contributed by atoms with Crippen LogP contribution in [0.15, 0.2) is 36.4 Å². The Morgan fingerprint density at radius 2 is 1.65 bits per heavy atom. The van der Waals surface area contributed by atoms with E-state index < -0.39 is 0 Å². The van der Waals surface area contributed by atoms with E-state index in [0.29, 0.717) is 0 Å². The van der Waals surface area contributed by atoms with E-state index in [1.54, 1.807) is 0 Å². The number of aryl methyl sites for hydroxylation is 4. The van der Waals surface area contributed by atoms with Crippen molar-refractivity contribution >= 4 is 5.91 Å². The standard InChI is InChI=1S/C20H25NO2/c1-13-6-7-16(4)19(11-13)17(5)21-20(22)12-23-18-9-14(2)8-15(3)10-18/h6-11,17H,12H2,1-5H3,(H,21,22). The fraction of sp³-hybridized carbons (Fsp3) is 0.350. The highest BCUT2D eigenvalue weighted by atomic mass is 16.5. The largest absolute Gasteiger partial charge is 0.484 e. The fourth-order valence-corrected chi connectivity index (χ4v) is 2.75. The van der Waals surface area contributed by atoms with E-state index in [-0.39, 0.29) is 18.6 Å². The second-order valence-corrected chi connectivity index (χ2v) is 6.26. The molecule has 0 saturated heterocycles. The van der Waals surface area contributed by atoms with Gasteiger partial charge in [-0.15, -0.1) is 0 Å². The zero-order valence-electron chi connectivity index (χ0n) is 14.6. The molecule has 0 aliphatic carbocycles. The number of rotatable bonds is 5. The molecule has 23 heavy (non-hydrogen) atoms. The van der Waals surface area contributed by atoms with Gasteiger partial charge in [0.15, 0.2) is 6.61 Å². The Bertz CT molecular complexity index is 687. The molecule has 0 aromatic heterocycles. The predicted octanol–water partition coefficient (Wildman–Crippen LogP) is 4.18. The predicted molar refractivity (Wildman–Crippen MR) is 93.9 cm³/mol. The normalized spacial score (nSPS) is 11.9. The van der Waals surface area contributed by atoms with Crippen LogP contribution in [0.5, 0.6) is 5.75 Å². The van der Waals surface area contributed by atoms with Crippen LogP contribution >= 0.6 is 0 Å². The van der Waals surface area contributed by atoms with Crippen LogP contribution in [-0.2, 0) is 4.79 Å². The minimum atomic E-state index is -0.113. The molecule has 2 rings (SSSR count). The molecule has 1 amide bonds. The first-order chi connectivity index (χ1) is 10.8. The Balaban J connectivity index is 1.95. The molecule has 0 aliphatic heterocycles. The maximum atomic E-state index is 12.1. The summed E-state index contributed by atoms with van der Waals surface area (Å²) in [4.78, 5) is 12.1. The third-order valence-electron chi connectivity index (χ3n) is 3.84. The van der Waals surface area contributed by atoms with Crippen molar-refractivity contribution in [2.24, 2.45) is 0 Å². The number of hydrogen-bond acceptors (Lipinski definition) is 2. The summed E-state index contributed by atoms with van der Waals surface area (Å²) in [6.45, 7) is 10.2. The van der Waals surface area contributed by atoms with Gasteiger partial charge in [0.1, 0.15) is 5.75 Å². The maximum absolute atomic E-state index is 12.1. The average molecular weight is 311 g/mol. The third kappa shape index (κ3) is 4.85. The number of amides is 1. The summed E-state index contributed by atoms with van der Waals surface area (Å²) < 4.78 is 5.61. The molecule has 3 nitrogen and oxygen atoms in total. The summed E-state index contributed by atoms with van der Waals surface area (Å²) in [5.74, 6) is 0.620. The van der Waals surface area contributed by atoms with E-state index in [1.165, 1.54) is 11.1 Å². The van der Waals surface area contributed by atoms with Gasteiger partial charge >= 0.3 is 0 Å². The monoisotopic (exact) mass is 311 g/mol. The quantitative estimate of drug-likeness (QED) is 0.899. The van der Waals surface area contributed by atoms with Crippen molar-refractivity contribution in [3.63, 3.8) is 0 Å². The summed E-state index contributed by atoms with van der Waals surface area (Å²) in [6, 6.07) is 12.2.